The van der Waals surface area contributed by atoms with Crippen molar-refractivity contribution in [2.75, 3.05) is 6.54 Å². The summed E-state index contributed by atoms with van der Waals surface area (Å²) in [5.41, 5.74) is 9.03. The smallest absolute Gasteiger partial charge is 0.273 e. The van der Waals surface area contributed by atoms with Crippen LogP contribution in [0.4, 0.5) is 0 Å². The first kappa shape index (κ1) is 9.92. The topological polar surface area (TPSA) is 87.6 Å². The minimum absolute atomic E-state index is 0.117. The van der Waals surface area contributed by atoms with Gasteiger partial charge in [-0.1, -0.05) is 0 Å². The maximum absolute atomic E-state index is 11.5. The molecule has 0 amide bonds. The first-order chi connectivity index (χ1) is 7.15. The van der Waals surface area contributed by atoms with Crippen molar-refractivity contribution in [3.8, 4) is 0 Å². The van der Waals surface area contributed by atoms with Crippen LogP contribution in [0.1, 0.15) is 16.8 Å². The number of nitrogens with one attached hydrogen (secondary N) is 2. The summed E-state index contributed by atoms with van der Waals surface area (Å²) in [4.78, 5) is 15.8. The number of hydrogen-bond acceptors (Lipinski definition) is 3. The fourth-order valence-corrected chi connectivity index (χ4v) is 1.95. The summed E-state index contributed by atoms with van der Waals surface area (Å²) >= 11 is 0. The largest absolute Gasteiger partial charge is 0.330 e. The van der Waals surface area contributed by atoms with E-state index in [1.54, 1.807) is 0 Å². The van der Waals surface area contributed by atoms with E-state index in [-0.39, 0.29) is 5.56 Å². The first-order valence-corrected chi connectivity index (χ1v) is 4.91. The quantitative estimate of drug-likeness (QED) is 0.663. The number of nitrogens with zero attached hydrogens (tertiary/aromatic N) is 1. The molecule has 2 aromatic rings. The second-order valence-electron chi connectivity index (χ2n) is 3.64. The highest BCUT2D eigenvalue weighted by Crippen LogP contribution is 2.18. The van der Waals surface area contributed by atoms with Crippen LogP contribution in [0, 0.1) is 13.8 Å². The molecule has 0 radical (unpaired) electrons. The second kappa shape index (κ2) is 3.51. The van der Waals surface area contributed by atoms with Crippen LogP contribution in [-0.2, 0) is 6.42 Å². The van der Waals surface area contributed by atoms with E-state index in [2.05, 4.69) is 15.2 Å². The van der Waals surface area contributed by atoms with Crippen LogP contribution < -0.4 is 11.3 Å². The van der Waals surface area contributed by atoms with Gasteiger partial charge in [0.1, 0.15) is 0 Å². The summed E-state index contributed by atoms with van der Waals surface area (Å²) in [7, 11) is 0. The minimum atomic E-state index is -0.117. The fraction of sp³-hybridized carbons (Fsp3) is 0.400. The van der Waals surface area contributed by atoms with Crippen LogP contribution in [0.5, 0.6) is 0 Å². The van der Waals surface area contributed by atoms with Gasteiger partial charge in [-0.2, -0.15) is 0 Å². The lowest BCUT2D eigenvalue weighted by Gasteiger charge is -2.07. The summed E-state index contributed by atoms with van der Waals surface area (Å²) in [5, 5.41) is 5.94. The minimum Gasteiger partial charge on any atom is -0.330 e. The van der Waals surface area contributed by atoms with Gasteiger partial charge in [-0.15, -0.1) is 0 Å². The Morgan fingerprint density at radius 1 is 1.33 bits per heavy atom. The molecule has 15 heavy (non-hydrogen) atoms. The molecule has 0 bridgehead atoms. The molecule has 2 rings (SSSR count). The predicted molar refractivity (Wildman–Crippen MR) is 58.9 cm³/mol. The first-order valence-electron chi connectivity index (χ1n) is 4.91. The summed E-state index contributed by atoms with van der Waals surface area (Å²) in [5.74, 6) is 0. The SMILES string of the molecule is Cc1nc2[nH][nH]c(=O)c2c(C)c1CCN. The molecule has 0 atom stereocenters. The van der Waals surface area contributed by atoms with Crippen molar-refractivity contribution in [2.45, 2.75) is 20.3 Å². The molecule has 2 heterocycles. The molecule has 0 aliphatic rings. The van der Waals surface area contributed by atoms with Gasteiger partial charge in [-0.3, -0.25) is 15.0 Å². The van der Waals surface area contributed by atoms with E-state index < -0.39 is 0 Å². The molecule has 0 unspecified atom stereocenters. The number of nitrogens with two attached hydrogens (primary N) is 1. The van der Waals surface area contributed by atoms with Crippen molar-refractivity contribution >= 4 is 11.0 Å². The van der Waals surface area contributed by atoms with Gasteiger partial charge in [0.25, 0.3) is 5.56 Å². The Balaban J connectivity index is 2.81. The van der Waals surface area contributed by atoms with Crippen molar-refractivity contribution in [3.05, 3.63) is 27.2 Å². The van der Waals surface area contributed by atoms with E-state index in [9.17, 15) is 4.79 Å². The zero-order valence-corrected chi connectivity index (χ0v) is 8.85. The van der Waals surface area contributed by atoms with Gasteiger partial charge in [0.05, 0.1) is 5.39 Å². The molecule has 0 spiro atoms. The summed E-state index contributed by atoms with van der Waals surface area (Å²) in [6.07, 6.45) is 0.755. The molecule has 0 saturated heterocycles. The number of aryl methyl sites for hydroxylation is 2. The summed E-state index contributed by atoms with van der Waals surface area (Å²) in [6.45, 7) is 4.44. The average Bonchev–Trinajstić information content (AvgIpc) is 2.54. The number of pyridine rings is 1. The molecule has 0 saturated carbocycles. The molecule has 5 heteroatoms. The number of hydrogen-bond donors (Lipinski definition) is 3. The van der Waals surface area contributed by atoms with Crippen molar-refractivity contribution in [1.82, 2.24) is 15.2 Å². The molecule has 0 aliphatic carbocycles. The highest BCUT2D eigenvalue weighted by Gasteiger charge is 2.12. The average molecular weight is 206 g/mol. The Morgan fingerprint density at radius 3 is 2.73 bits per heavy atom. The normalized spacial score (nSPS) is 11.1. The van der Waals surface area contributed by atoms with E-state index in [0.29, 0.717) is 17.6 Å². The molecule has 0 aromatic carbocycles. The summed E-state index contributed by atoms with van der Waals surface area (Å²) in [6, 6.07) is 0. The lowest BCUT2D eigenvalue weighted by atomic mass is 10.0. The third kappa shape index (κ3) is 1.45. The number of H-pyrrole nitrogens is 2. The Labute approximate surface area is 86.7 Å². The van der Waals surface area contributed by atoms with E-state index in [4.69, 9.17) is 5.73 Å². The van der Waals surface area contributed by atoms with E-state index in [0.717, 1.165) is 23.2 Å². The van der Waals surface area contributed by atoms with Crippen molar-refractivity contribution in [3.63, 3.8) is 0 Å². The molecule has 5 nitrogen and oxygen atoms in total. The molecule has 0 aliphatic heterocycles. The highest BCUT2D eigenvalue weighted by molar-refractivity contribution is 5.79. The van der Waals surface area contributed by atoms with Crippen LogP contribution in [0.25, 0.3) is 11.0 Å². The third-order valence-electron chi connectivity index (χ3n) is 2.70. The van der Waals surface area contributed by atoms with Gasteiger partial charge in [0.15, 0.2) is 5.65 Å². The molecular weight excluding hydrogens is 192 g/mol. The van der Waals surface area contributed by atoms with Crippen LogP contribution in [0.2, 0.25) is 0 Å². The van der Waals surface area contributed by atoms with Gasteiger partial charge in [0.2, 0.25) is 0 Å². The molecular formula is C10H14N4O. The van der Waals surface area contributed by atoms with Gasteiger partial charge in [-0.05, 0) is 37.9 Å². The lowest BCUT2D eigenvalue weighted by Crippen LogP contribution is -2.09. The Bertz CT molecular complexity index is 552. The van der Waals surface area contributed by atoms with Crippen LogP contribution in [-0.4, -0.2) is 21.7 Å². The Morgan fingerprint density at radius 2 is 2.07 bits per heavy atom. The van der Waals surface area contributed by atoms with Gasteiger partial charge >= 0.3 is 0 Å². The van der Waals surface area contributed by atoms with Gasteiger partial charge in [-0.25, -0.2) is 4.98 Å². The lowest BCUT2D eigenvalue weighted by molar-refractivity contribution is 0.933. The third-order valence-corrected chi connectivity index (χ3v) is 2.70. The van der Waals surface area contributed by atoms with Crippen LogP contribution in [0.3, 0.4) is 0 Å². The van der Waals surface area contributed by atoms with Gasteiger partial charge < -0.3 is 5.73 Å². The van der Waals surface area contributed by atoms with Gasteiger partial charge in [0, 0.05) is 5.69 Å². The maximum Gasteiger partial charge on any atom is 0.273 e. The molecule has 0 fully saturated rings. The van der Waals surface area contributed by atoms with Crippen molar-refractivity contribution in [1.29, 1.82) is 0 Å². The Kier molecular flexibility index (Phi) is 2.32. The fourth-order valence-electron chi connectivity index (χ4n) is 1.95. The Hall–Kier alpha value is -1.62. The van der Waals surface area contributed by atoms with E-state index in [1.165, 1.54) is 0 Å². The number of aromatic nitrogens is 3. The van der Waals surface area contributed by atoms with E-state index >= 15 is 0 Å². The highest BCUT2D eigenvalue weighted by atomic mass is 16.1. The predicted octanol–water partition coefficient (Wildman–Crippen LogP) is 0.369. The number of rotatable bonds is 2. The molecule has 2 aromatic heterocycles. The zero-order chi connectivity index (χ0) is 11.0. The van der Waals surface area contributed by atoms with Crippen LogP contribution >= 0.6 is 0 Å². The number of fused-ring (bicyclic) bond motifs is 1. The standard InChI is InChI=1S/C10H14N4O/c1-5-7(3-4-11)6(2)12-9-8(5)10(15)14-13-9/h3-4,11H2,1-2H3,(H2,12,13,14,15). The number of aromatic amines is 2. The van der Waals surface area contributed by atoms with Crippen molar-refractivity contribution in [2.24, 2.45) is 5.73 Å². The maximum atomic E-state index is 11.5. The second-order valence-corrected chi connectivity index (χ2v) is 3.64. The van der Waals surface area contributed by atoms with E-state index in [1.807, 2.05) is 13.8 Å². The molecule has 80 valence electrons. The zero-order valence-electron chi connectivity index (χ0n) is 8.85. The summed E-state index contributed by atoms with van der Waals surface area (Å²) < 4.78 is 0. The molecule has 4 N–H and O–H groups in total. The monoisotopic (exact) mass is 206 g/mol. The van der Waals surface area contributed by atoms with Crippen molar-refractivity contribution < 1.29 is 0 Å². The van der Waals surface area contributed by atoms with Crippen LogP contribution in [0.15, 0.2) is 4.79 Å².